The summed E-state index contributed by atoms with van der Waals surface area (Å²) in [6, 6.07) is 7.66. The largest absolute Gasteiger partial charge is 0.325 e. The van der Waals surface area contributed by atoms with Crippen molar-refractivity contribution in [2.45, 2.75) is 37.1 Å². The minimum absolute atomic E-state index is 0.0952. The number of benzene rings is 1. The Morgan fingerprint density at radius 2 is 2.19 bits per heavy atom. The average molecular weight is 409 g/mol. The minimum Gasteiger partial charge on any atom is -0.325 e. The van der Waals surface area contributed by atoms with Crippen molar-refractivity contribution in [3.05, 3.63) is 35.7 Å². The Morgan fingerprint density at radius 1 is 1.41 bits per heavy atom. The Bertz CT molecular complexity index is 940. The molecule has 1 aliphatic heterocycles. The number of aryl methyl sites for hydroxylation is 1. The van der Waals surface area contributed by atoms with E-state index < -0.39 is 9.84 Å². The molecule has 146 valence electrons. The monoisotopic (exact) mass is 408 g/mol. The lowest BCUT2D eigenvalue weighted by Crippen LogP contribution is -2.23. The molecule has 0 spiro atoms. The lowest BCUT2D eigenvalue weighted by Gasteiger charge is -2.12. The first-order valence-corrected chi connectivity index (χ1v) is 11.6. The van der Waals surface area contributed by atoms with E-state index in [4.69, 9.17) is 0 Å². The molecule has 0 radical (unpaired) electrons. The van der Waals surface area contributed by atoms with Gasteiger partial charge >= 0.3 is 0 Å². The van der Waals surface area contributed by atoms with Crippen molar-refractivity contribution in [1.29, 1.82) is 0 Å². The lowest BCUT2D eigenvalue weighted by atomic mass is 10.1. The summed E-state index contributed by atoms with van der Waals surface area (Å²) in [6.45, 7) is 3.80. The van der Waals surface area contributed by atoms with E-state index in [1.165, 1.54) is 11.8 Å². The zero-order valence-corrected chi connectivity index (χ0v) is 17.3. The molecule has 1 aromatic carbocycles. The summed E-state index contributed by atoms with van der Waals surface area (Å²) in [5.74, 6) is 1.23. The van der Waals surface area contributed by atoms with Crippen molar-refractivity contribution < 1.29 is 13.2 Å². The summed E-state index contributed by atoms with van der Waals surface area (Å²) in [5.41, 5.74) is 1.86. The van der Waals surface area contributed by atoms with Gasteiger partial charge in [0.25, 0.3) is 0 Å². The van der Waals surface area contributed by atoms with Crippen molar-refractivity contribution in [2.75, 3.05) is 16.8 Å². The number of thioether (sulfide) groups is 1. The van der Waals surface area contributed by atoms with Crippen molar-refractivity contribution in [3.63, 3.8) is 0 Å². The number of hydrogen-bond acceptors (Lipinski definition) is 6. The van der Waals surface area contributed by atoms with Crippen LogP contribution in [-0.2, 0) is 28.1 Å². The van der Waals surface area contributed by atoms with Gasteiger partial charge in [-0.3, -0.25) is 4.79 Å². The van der Waals surface area contributed by atoms with Gasteiger partial charge in [-0.05, 0) is 43.9 Å². The normalized spacial score (nSPS) is 19.7. The van der Waals surface area contributed by atoms with Gasteiger partial charge in [0.1, 0.15) is 5.82 Å². The smallest absolute Gasteiger partial charge is 0.237 e. The molecule has 7 nitrogen and oxygen atoms in total. The van der Waals surface area contributed by atoms with E-state index in [0.717, 1.165) is 17.1 Å². The van der Waals surface area contributed by atoms with Crippen LogP contribution in [0.5, 0.6) is 0 Å². The van der Waals surface area contributed by atoms with Crippen LogP contribution in [0.4, 0.5) is 5.69 Å². The molecule has 3 rings (SSSR count). The van der Waals surface area contributed by atoms with Gasteiger partial charge in [0, 0.05) is 19.2 Å². The molecule has 1 aromatic heterocycles. The van der Waals surface area contributed by atoms with Crippen LogP contribution >= 0.6 is 11.8 Å². The van der Waals surface area contributed by atoms with E-state index in [-0.39, 0.29) is 28.6 Å². The molecule has 27 heavy (non-hydrogen) atoms. The maximum atomic E-state index is 12.4. The molecule has 2 atom stereocenters. The average Bonchev–Trinajstić information content (AvgIpc) is 3.11. The molecule has 9 heteroatoms. The molecule has 1 aliphatic rings. The molecule has 1 amide bonds. The van der Waals surface area contributed by atoms with Gasteiger partial charge in [-0.25, -0.2) is 8.42 Å². The number of anilines is 1. The van der Waals surface area contributed by atoms with Crippen LogP contribution < -0.4 is 5.32 Å². The van der Waals surface area contributed by atoms with Gasteiger partial charge in [0.05, 0.1) is 16.8 Å². The zero-order valence-electron chi connectivity index (χ0n) is 15.7. The second-order valence-corrected chi connectivity index (χ2v) is 10.6. The van der Waals surface area contributed by atoms with Crippen LogP contribution in [0.2, 0.25) is 0 Å². The highest BCUT2D eigenvalue weighted by atomic mass is 32.2. The molecule has 2 unspecified atom stereocenters. The first-order valence-electron chi connectivity index (χ1n) is 8.86. The van der Waals surface area contributed by atoms with Crippen molar-refractivity contribution in [3.8, 4) is 0 Å². The van der Waals surface area contributed by atoms with Gasteiger partial charge in [0.15, 0.2) is 15.0 Å². The molecule has 1 saturated heterocycles. The van der Waals surface area contributed by atoms with Gasteiger partial charge < -0.3 is 9.88 Å². The predicted octanol–water partition coefficient (Wildman–Crippen LogP) is 2.22. The summed E-state index contributed by atoms with van der Waals surface area (Å²) in [6.07, 6.45) is 1.26. The summed E-state index contributed by atoms with van der Waals surface area (Å²) < 4.78 is 25.1. The van der Waals surface area contributed by atoms with Gasteiger partial charge in [-0.2, -0.15) is 0 Å². The number of carbonyl (C=O) groups excluding carboxylic acids is 1. The Hall–Kier alpha value is -1.87. The van der Waals surface area contributed by atoms with Crippen molar-refractivity contribution >= 4 is 33.2 Å². The topological polar surface area (TPSA) is 94.0 Å². The molecule has 1 fully saturated rings. The van der Waals surface area contributed by atoms with E-state index in [9.17, 15) is 13.2 Å². The number of rotatable bonds is 6. The number of sulfone groups is 1. The Balaban J connectivity index is 1.60. The van der Waals surface area contributed by atoms with Crippen LogP contribution in [0.3, 0.4) is 0 Å². The molecule has 0 saturated carbocycles. The standard InChI is InChI=1S/C18H24N4O3S2/c1-12-5-4-6-15(9-12)19-17(23)13(2)26-18-21-20-16(22(18)3)10-14-7-8-27(24,25)11-14/h4-6,9,13-14H,7-8,10-11H2,1-3H3,(H,19,23). The summed E-state index contributed by atoms with van der Waals surface area (Å²) in [4.78, 5) is 12.4. The summed E-state index contributed by atoms with van der Waals surface area (Å²) in [5, 5.41) is 11.6. The predicted molar refractivity (Wildman–Crippen MR) is 107 cm³/mol. The fraction of sp³-hybridized carbons (Fsp3) is 0.500. The maximum absolute atomic E-state index is 12.4. The highest BCUT2D eigenvalue weighted by Gasteiger charge is 2.29. The molecular weight excluding hydrogens is 384 g/mol. The highest BCUT2D eigenvalue weighted by molar-refractivity contribution is 8.00. The third kappa shape index (κ3) is 5.10. The van der Waals surface area contributed by atoms with E-state index in [1.807, 2.05) is 49.7 Å². The van der Waals surface area contributed by atoms with E-state index >= 15 is 0 Å². The Kier molecular flexibility index (Phi) is 5.90. The van der Waals surface area contributed by atoms with E-state index in [0.29, 0.717) is 18.0 Å². The molecule has 0 aliphatic carbocycles. The van der Waals surface area contributed by atoms with Crippen LogP contribution in [0.1, 0.15) is 24.7 Å². The number of nitrogens with zero attached hydrogens (tertiary/aromatic N) is 3. The highest BCUT2D eigenvalue weighted by Crippen LogP contribution is 2.26. The number of hydrogen-bond donors (Lipinski definition) is 1. The maximum Gasteiger partial charge on any atom is 0.237 e. The first kappa shape index (κ1) is 19.9. The first-order chi connectivity index (χ1) is 12.7. The van der Waals surface area contributed by atoms with Crippen LogP contribution in [0, 0.1) is 12.8 Å². The van der Waals surface area contributed by atoms with Crippen LogP contribution in [0.15, 0.2) is 29.4 Å². The van der Waals surface area contributed by atoms with Gasteiger partial charge in [0.2, 0.25) is 5.91 Å². The number of nitrogens with one attached hydrogen (secondary N) is 1. The van der Waals surface area contributed by atoms with Crippen LogP contribution in [-0.4, -0.2) is 45.8 Å². The van der Waals surface area contributed by atoms with E-state index in [2.05, 4.69) is 15.5 Å². The fourth-order valence-electron chi connectivity index (χ4n) is 3.09. The second-order valence-electron chi connectivity index (χ2n) is 7.05. The second kappa shape index (κ2) is 8.02. The quantitative estimate of drug-likeness (QED) is 0.737. The Morgan fingerprint density at radius 3 is 2.85 bits per heavy atom. The van der Waals surface area contributed by atoms with Crippen molar-refractivity contribution in [2.24, 2.45) is 13.0 Å². The number of aromatic nitrogens is 3. The third-order valence-corrected chi connectivity index (χ3v) is 7.63. The molecule has 0 bridgehead atoms. The van der Waals surface area contributed by atoms with E-state index in [1.54, 1.807) is 0 Å². The zero-order chi connectivity index (χ0) is 19.6. The SMILES string of the molecule is Cc1cccc(NC(=O)C(C)Sc2nnc(CC3CCS(=O)(=O)C3)n2C)c1. The van der Waals surface area contributed by atoms with Gasteiger partial charge in [-0.1, -0.05) is 23.9 Å². The number of carbonyl (C=O) groups is 1. The molecular formula is C18H24N4O3S2. The molecule has 1 N–H and O–H groups in total. The summed E-state index contributed by atoms with van der Waals surface area (Å²) >= 11 is 1.34. The molecule has 2 aromatic rings. The molecule has 2 heterocycles. The third-order valence-electron chi connectivity index (χ3n) is 4.66. The van der Waals surface area contributed by atoms with Gasteiger partial charge in [-0.15, -0.1) is 10.2 Å². The lowest BCUT2D eigenvalue weighted by molar-refractivity contribution is -0.115. The Labute approximate surface area is 163 Å². The van der Waals surface area contributed by atoms with Crippen molar-refractivity contribution in [1.82, 2.24) is 14.8 Å². The fourth-order valence-corrected chi connectivity index (χ4v) is 5.79. The summed E-state index contributed by atoms with van der Waals surface area (Å²) in [7, 11) is -1.05. The number of amides is 1. The van der Waals surface area contributed by atoms with Crippen LogP contribution in [0.25, 0.3) is 0 Å². The minimum atomic E-state index is -2.90.